The molecule has 0 aliphatic rings. The van der Waals surface area contributed by atoms with Crippen LogP contribution in [-0.2, 0) is 6.54 Å². The number of nitrogen functional groups attached to an aromatic ring is 1. The summed E-state index contributed by atoms with van der Waals surface area (Å²) >= 11 is 0. The van der Waals surface area contributed by atoms with Gasteiger partial charge in [-0.3, -0.25) is 0 Å². The molecular formula is C13H16N4. The van der Waals surface area contributed by atoms with Crippen molar-refractivity contribution in [1.29, 1.82) is 0 Å². The number of nitrogens with two attached hydrogens (primary N) is 1. The lowest BCUT2D eigenvalue weighted by Gasteiger charge is -2.09. The van der Waals surface area contributed by atoms with E-state index < -0.39 is 0 Å². The van der Waals surface area contributed by atoms with Gasteiger partial charge in [0.25, 0.3) is 0 Å². The number of benzene rings is 1. The second kappa shape index (κ2) is 4.82. The first kappa shape index (κ1) is 11.4. The molecule has 0 atom stereocenters. The molecule has 0 unspecified atom stereocenters. The lowest BCUT2D eigenvalue weighted by Crippen LogP contribution is -2.06. The van der Waals surface area contributed by atoms with E-state index in [1.54, 1.807) is 12.3 Å². The van der Waals surface area contributed by atoms with E-state index in [4.69, 9.17) is 5.73 Å². The molecule has 0 aliphatic carbocycles. The van der Waals surface area contributed by atoms with Crippen molar-refractivity contribution in [3.63, 3.8) is 0 Å². The van der Waals surface area contributed by atoms with E-state index in [9.17, 15) is 0 Å². The Morgan fingerprint density at radius 2 is 2.06 bits per heavy atom. The fraction of sp³-hybridized carbons (Fsp3) is 0.231. The minimum Gasteiger partial charge on any atom is -0.384 e. The Morgan fingerprint density at radius 1 is 1.24 bits per heavy atom. The number of rotatable bonds is 3. The van der Waals surface area contributed by atoms with E-state index >= 15 is 0 Å². The molecule has 0 bridgehead atoms. The summed E-state index contributed by atoms with van der Waals surface area (Å²) in [6.07, 6.45) is 1.67. The molecule has 0 fully saturated rings. The van der Waals surface area contributed by atoms with Crippen molar-refractivity contribution in [3.8, 4) is 0 Å². The maximum atomic E-state index is 5.60. The van der Waals surface area contributed by atoms with Crippen LogP contribution in [0.2, 0.25) is 0 Å². The van der Waals surface area contributed by atoms with Crippen LogP contribution in [0, 0.1) is 13.8 Å². The largest absolute Gasteiger partial charge is 0.384 e. The third-order valence-electron chi connectivity index (χ3n) is 2.55. The first-order valence-electron chi connectivity index (χ1n) is 5.53. The molecule has 3 N–H and O–H groups in total. The highest BCUT2D eigenvalue weighted by Gasteiger charge is 2.00. The van der Waals surface area contributed by atoms with Crippen LogP contribution < -0.4 is 11.1 Å². The summed E-state index contributed by atoms with van der Waals surface area (Å²) < 4.78 is 0. The number of nitrogens with one attached hydrogen (secondary N) is 1. The quantitative estimate of drug-likeness (QED) is 0.846. The lowest BCUT2D eigenvalue weighted by atomic mass is 10.1. The van der Waals surface area contributed by atoms with Crippen LogP contribution in [0.25, 0.3) is 0 Å². The van der Waals surface area contributed by atoms with Crippen molar-refractivity contribution < 1.29 is 0 Å². The van der Waals surface area contributed by atoms with E-state index in [0.717, 1.165) is 5.69 Å². The topological polar surface area (TPSA) is 63.8 Å². The van der Waals surface area contributed by atoms with E-state index in [1.165, 1.54) is 11.1 Å². The van der Waals surface area contributed by atoms with Crippen LogP contribution in [0.3, 0.4) is 0 Å². The van der Waals surface area contributed by atoms with Crippen LogP contribution >= 0.6 is 0 Å². The Kier molecular flexibility index (Phi) is 3.23. The molecule has 0 saturated carbocycles. The van der Waals surface area contributed by atoms with Gasteiger partial charge in [0.1, 0.15) is 11.6 Å². The number of aromatic nitrogens is 2. The number of nitrogens with zero attached hydrogens (tertiary/aromatic N) is 2. The summed E-state index contributed by atoms with van der Waals surface area (Å²) in [7, 11) is 0. The Hall–Kier alpha value is -2.10. The summed E-state index contributed by atoms with van der Waals surface area (Å²) in [5, 5.41) is 3.30. The molecule has 4 heteroatoms. The normalized spacial score (nSPS) is 10.2. The van der Waals surface area contributed by atoms with Crippen molar-refractivity contribution >= 4 is 11.5 Å². The average Bonchev–Trinajstić information content (AvgIpc) is 2.28. The zero-order valence-corrected chi connectivity index (χ0v) is 10.1. The minimum absolute atomic E-state index is 0.498. The molecule has 1 aromatic carbocycles. The highest BCUT2D eigenvalue weighted by Crippen LogP contribution is 2.16. The maximum absolute atomic E-state index is 5.60. The van der Waals surface area contributed by atoms with Gasteiger partial charge in [0.05, 0.1) is 6.54 Å². The third kappa shape index (κ3) is 2.93. The maximum Gasteiger partial charge on any atom is 0.149 e. The molecule has 0 radical (unpaired) electrons. The zero-order valence-electron chi connectivity index (χ0n) is 10.1. The van der Waals surface area contributed by atoms with Crippen molar-refractivity contribution in [2.24, 2.45) is 0 Å². The van der Waals surface area contributed by atoms with Crippen LogP contribution in [0.4, 0.5) is 11.5 Å². The summed E-state index contributed by atoms with van der Waals surface area (Å²) in [6, 6.07) is 7.97. The molecular weight excluding hydrogens is 212 g/mol. The molecule has 2 rings (SSSR count). The number of anilines is 2. The predicted molar refractivity (Wildman–Crippen MR) is 69.7 cm³/mol. The molecule has 1 aromatic heterocycles. The van der Waals surface area contributed by atoms with Crippen LogP contribution in [0.15, 0.2) is 30.5 Å². The van der Waals surface area contributed by atoms with Crippen molar-refractivity contribution in [2.75, 3.05) is 11.1 Å². The van der Waals surface area contributed by atoms with E-state index in [2.05, 4.69) is 47.3 Å². The summed E-state index contributed by atoms with van der Waals surface area (Å²) in [4.78, 5) is 8.29. The molecule has 2 aromatic rings. The van der Waals surface area contributed by atoms with Gasteiger partial charge in [-0.1, -0.05) is 17.7 Å². The van der Waals surface area contributed by atoms with Gasteiger partial charge >= 0.3 is 0 Å². The van der Waals surface area contributed by atoms with Gasteiger partial charge in [-0.05, 0) is 31.5 Å². The first-order valence-corrected chi connectivity index (χ1v) is 5.53. The Balaban J connectivity index is 2.07. The SMILES string of the molecule is Cc1ccc(NCc2nccc(N)n2)c(C)c1. The predicted octanol–water partition coefficient (Wildman–Crippen LogP) is 2.29. The van der Waals surface area contributed by atoms with Crippen molar-refractivity contribution in [3.05, 3.63) is 47.4 Å². The molecule has 1 heterocycles. The number of aryl methyl sites for hydroxylation is 2. The molecule has 17 heavy (non-hydrogen) atoms. The van der Waals surface area contributed by atoms with Crippen molar-refractivity contribution in [2.45, 2.75) is 20.4 Å². The fourth-order valence-corrected chi connectivity index (χ4v) is 1.69. The van der Waals surface area contributed by atoms with Crippen LogP contribution in [-0.4, -0.2) is 9.97 Å². The monoisotopic (exact) mass is 228 g/mol. The van der Waals surface area contributed by atoms with Crippen LogP contribution in [0.5, 0.6) is 0 Å². The standard InChI is InChI=1S/C13H16N4/c1-9-3-4-11(10(2)7-9)16-8-13-15-6-5-12(14)17-13/h3-7,16H,8H2,1-2H3,(H2,14,15,17). The van der Waals surface area contributed by atoms with Gasteiger partial charge in [-0.25, -0.2) is 9.97 Å². The highest BCUT2D eigenvalue weighted by atomic mass is 15.0. The average molecular weight is 228 g/mol. The van der Waals surface area contributed by atoms with Gasteiger partial charge in [0.2, 0.25) is 0 Å². The summed E-state index contributed by atoms with van der Waals surface area (Å²) in [5.74, 6) is 1.20. The number of hydrogen-bond acceptors (Lipinski definition) is 4. The molecule has 0 aliphatic heterocycles. The van der Waals surface area contributed by atoms with Gasteiger partial charge < -0.3 is 11.1 Å². The molecule has 0 spiro atoms. The number of hydrogen-bond donors (Lipinski definition) is 2. The van der Waals surface area contributed by atoms with Gasteiger partial charge in [0.15, 0.2) is 0 Å². The summed E-state index contributed by atoms with van der Waals surface area (Å²) in [6.45, 7) is 4.74. The van der Waals surface area contributed by atoms with E-state index in [0.29, 0.717) is 18.2 Å². The second-order valence-corrected chi connectivity index (χ2v) is 4.07. The molecule has 0 amide bonds. The Labute approximate surface area is 101 Å². The third-order valence-corrected chi connectivity index (χ3v) is 2.55. The molecule has 4 nitrogen and oxygen atoms in total. The lowest BCUT2D eigenvalue weighted by molar-refractivity contribution is 0.952. The highest BCUT2D eigenvalue weighted by molar-refractivity contribution is 5.51. The molecule has 88 valence electrons. The van der Waals surface area contributed by atoms with E-state index in [-0.39, 0.29) is 0 Å². The zero-order chi connectivity index (χ0) is 12.3. The smallest absolute Gasteiger partial charge is 0.149 e. The Bertz CT molecular complexity index is 523. The van der Waals surface area contributed by atoms with Gasteiger partial charge in [0, 0.05) is 11.9 Å². The summed E-state index contributed by atoms with van der Waals surface area (Å²) in [5.41, 5.74) is 9.17. The fourth-order valence-electron chi connectivity index (χ4n) is 1.69. The Morgan fingerprint density at radius 3 is 2.76 bits per heavy atom. The van der Waals surface area contributed by atoms with Crippen LogP contribution in [0.1, 0.15) is 17.0 Å². The second-order valence-electron chi connectivity index (χ2n) is 4.07. The van der Waals surface area contributed by atoms with Gasteiger partial charge in [-0.15, -0.1) is 0 Å². The minimum atomic E-state index is 0.498. The van der Waals surface area contributed by atoms with Gasteiger partial charge in [-0.2, -0.15) is 0 Å². The molecule has 0 saturated heterocycles. The van der Waals surface area contributed by atoms with E-state index in [1.807, 2.05) is 0 Å². The van der Waals surface area contributed by atoms with Crippen molar-refractivity contribution in [1.82, 2.24) is 9.97 Å². The first-order chi connectivity index (χ1) is 8.15.